The molecule has 0 aliphatic carbocycles. The van der Waals surface area contributed by atoms with Crippen molar-refractivity contribution in [1.29, 1.82) is 0 Å². The summed E-state index contributed by atoms with van der Waals surface area (Å²) in [5, 5.41) is 39.7. The Balaban J connectivity index is 1.76. The van der Waals surface area contributed by atoms with E-state index in [4.69, 9.17) is 4.74 Å². The maximum atomic E-state index is 12.1. The van der Waals surface area contributed by atoms with E-state index >= 15 is 0 Å². The lowest BCUT2D eigenvalue weighted by Crippen LogP contribution is -2.07. The molecule has 0 saturated carbocycles. The lowest BCUT2D eigenvalue weighted by Gasteiger charge is -2.11. The van der Waals surface area contributed by atoms with Crippen LogP contribution in [0, 0.1) is 0 Å². The van der Waals surface area contributed by atoms with Crippen LogP contribution in [0.3, 0.4) is 0 Å². The molecule has 0 aromatic heterocycles. The van der Waals surface area contributed by atoms with Gasteiger partial charge in [-0.15, -0.1) is 0 Å². The molecule has 0 aliphatic heterocycles. The van der Waals surface area contributed by atoms with Crippen LogP contribution in [0.25, 0.3) is 6.08 Å². The lowest BCUT2D eigenvalue weighted by molar-refractivity contribution is -0.134. The zero-order valence-electron chi connectivity index (χ0n) is 19.4. The Labute approximate surface area is 196 Å². The van der Waals surface area contributed by atoms with Gasteiger partial charge in [0.1, 0.15) is 29.1 Å². The molecule has 2 aromatic carbocycles. The molecule has 0 radical (unpaired) electrons. The molecule has 33 heavy (non-hydrogen) atoms. The van der Waals surface area contributed by atoms with Crippen molar-refractivity contribution in [2.45, 2.75) is 77.2 Å². The van der Waals surface area contributed by atoms with Gasteiger partial charge < -0.3 is 25.2 Å². The molecule has 2 aromatic rings. The Morgan fingerprint density at radius 1 is 0.879 bits per heavy atom. The van der Waals surface area contributed by atoms with Gasteiger partial charge in [0, 0.05) is 29.7 Å². The molecule has 1 unspecified atom stereocenters. The predicted octanol–water partition coefficient (Wildman–Crippen LogP) is 6.38. The van der Waals surface area contributed by atoms with Crippen LogP contribution in [0.2, 0.25) is 0 Å². The van der Waals surface area contributed by atoms with Gasteiger partial charge in [0.25, 0.3) is 0 Å². The molecule has 0 aliphatic rings. The van der Waals surface area contributed by atoms with Gasteiger partial charge >= 0.3 is 5.97 Å². The highest BCUT2D eigenvalue weighted by atomic mass is 16.5. The molecule has 0 heterocycles. The van der Waals surface area contributed by atoms with Crippen LogP contribution in [0.15, 0.2) is 42.5 Å². The maximum absolute atomic E-state index is 12.1. The first-order valence-corrected chi connectivity index (χ1v) is 11.8. The lowest BCUT2D eigenvalue weighted by atomic mass is 10.1. The summed E-state index contributed by atoms with van der Waals surface area (Å²) in [5.41, 5.74) is 0.650. The summed E-state index contributed by atoms with van der Waals surface area (Å²) in [4.78, 5) is 12.1. The SMILES string of the molecule is CCCCCCCCCCCC(=O)Oc1ccc(C(O)C=Cc2ccc(O)cc2O)c(O)c1. The Bertz CT molecular complexity index is 905. The minimum atomic E-state index is -1.13. The predicted molar refractivity (Wildman–Crippen MR) is 129 cm³/mol. The van der Waals surface area contributed by atoms with Crippen LogP contribution in [0.5, 0.6) is 23.0 Å². The first-order chi connectivity index (χ1) is 15.9. The van der Waals surface area contributed by atoms with E-state index < -0.39 is 6.10 Å². The summed E-state index contributed by atoms with van der Waals surface area (Å²) in [7, 11) is 0. The molecule has 0 bridgehead atoms. The van der Waals surface area contributed by atoms with Gasteiger partial charge in [0.05, 0.1) is 0 Å². The monoisotopic (exact) mass is 456 g/mol. The highest BCUT2D eigenvalue weighted by Gasteiger charge is 2.13. The largest absolute Gasteiger partial charge is 0.508 e. The zero-order chi connectivity index (χ0) is 24.1. The fraction of sp³-hybridized carbons (Fsp3) is 0.444. The number of phenolic OH excluding ortho intramolecular Hbond substituents is 3. The van der Waals surface area contributed by atoms with Crippen molar-refractivity contribution in [2.24, 2.45) is 0 Å². The average molecular weight is 457 g/mol. The van der Waals surface area contributed by atoms with E-state index in [1.807, 2.05) is 0 Å². The number of esters is 1. The summed E-state index contributed by atoms with van der Waals surface area (Å²) in [6.45, 7) is 2.21. The fourth-order valence-corrected chi connectivity index (χ4v) is 3.57. The van der Waals surface area contributed by atoms with Crippen LogP contribution >= 0.6 is 0 Å². The number of ether oxygens (including phenoxy) is 1. The second-order valence-electron chi connectivity index (χ2n) is 8.32. The number of benzene rings is 2. The van der Waals surface area contributed by atoms with Gasteiger partial charge in [-0.3, -0.25) is 4.79 Å². The summed E-state index contributed by atoms with van der Waals surface area (Å²) >= 11 is 0. The Kier molecular flexibility index (Phi) is 11.3. The topological polar surface area (TPSA) is 107 Å². The Morgan fingerprint density at radius 3 is 2.18 bits per heavy atom. The van der Waals surface area contributed by atoms with Crippen LogP contribution < -0.4 is 4.74 Å². The maximum Gasteiger partial charge on any atom is 0.311 e. The number of aromatic hydroxyl groups is 3. The second-order valence-corrected chi connectivity index (χ2v) is 8.32. The molecule has 0 saturated heterocycles. The number of aliphatic hydroxyl groups is 1. The number of hydrogen-bond acceptors (Lipinski definition) is 6. The van der Waals surface area contributed by atoms with Crippen LogP contribution in [0.4, 0.5) is 0 Å². The third-order valence-electron chi connectivity index (χ3n) is 5.51. The number of hydrogen-bond donors (Lipinski definition) is 4. The number of unbranched alkanes of at least 4 members (excludes halogenated alkanes) is 8. The van der Waals surface area contributed by atoms with Gasteiger partial charge in [0.15, 0.2) is 0 Å². The normalized spacial score (nSPS) is 12.2. The van der Waals surface area contributed by atoms with Crippen molar-refractivity contribution < 1.29 is 30.0 Å². The van der Waals surface area contributed by atoms with Crippen molar-refractivity contribution in [2.75, 3.05) is 0 Å². The molecule has 0 fully saturated rings. The quantitative estimate of drug-likeness (QED) is 0.149. The summed E-state index contributed by atoms with van der Waals surface area (Å²) in [6, 6.07) is 8.44. The van der Waals surface area contributed by atoms with Crippen LogP contribution in [0.1, 0.15) is 88.4 Å². The van der Waals surface area contributed by atoms with Gasteiger partial charge in [-0.25, -0.2) is 0 Å². The first-order valence-electron chi connectivity index (χ1n) is 11.8. The zero-order valence-corrected chi connectivity index (χ0v) is 19.4. The van der Waals surface area contributed by atoms with Crippen molar-refractivity contribution in [1.82, 2.24) is 0 Å². The molecule has 4 N–H and O–H groups in total. The second kappa shape index (κ2) is 14.2. The number of phenols is 3. The smallest absolute Gasteiger partial charge is 0.311 e. The van der Waals surface area contributed by atoms with E-state index in [0.717, 1.165) is 19.3 Å². The first kappa shape index (κ1) is 26.3. The standard InChI is InChI=1S/C27H36O6/c1-2-3-4-5-6-7-8-9-10-11-27(32)33-22-15-16-23(26(31)19-22)24(29)17-13-20-12-14-21(28)18-25(20)30/h12-19,24,28-31H,2-11H2,1H3. The molecule has 2 rings (SSSR count). The van der Waals surface area contributed by atoms with E-state index in [2.05, 4.69) is 6.92 Å². The minimum Gasteiger partial charge on any atom is -0.508 e. The van der Waals surface area contributed by atoms with E-state index in [1.54, 1.807) is 0 Å². The van der Waals surface area contributed by atoms with E-state index in [1.165, 1.54) is 87.1 Å². The van der Waals surface area contributed by atoms with Crippen molar-refractivity contribution in [3.63, 3.8) is 0 Å². The highest BCUT2D eigenvalue weighted by Crippen LogP contribution is 2.31. The van der Waals surface area contributed by atoms with Gasteiger partial charge in [-0.05, 0) is 30.7 Å². The van der Waals surface area contributed by atoms with Crippen LogP contribution in [-0.4, -0.2) is 26.4 Å². The third-order valence-corrected chi connectivity index (χ3v) is 5.51. The fourth-order valence-electron chi connectivity index (χ4n) is 3.57. The van der Waals surface area contributed by atoms with Crippen LogP contribution in [-0.2, 0) is 4.79 Å². The van der Waals surface area contributed by atoms with E-state index in [0.29, 0.717) is 12.0 Å². The average Bonchev–Trinajstić information content (AvgIpc) is 2.77. The molecular weight excluding hydrogens is 420 g/mol. The van der Waals surface area contributed by atoms with Crippen molar-refractivity contribution in [3.05, 3.63) is 53.6 Å². The number of aliphatic hydroxyl groups excluding tert-OH is 1. The molecular formula is C27H36O6. The van der Waals surface area contributed by atoms with Crippen molar-refractivity contribution >= 4 is 12.0 Å². The Hall–Kier alpha value is -2.99. The number of carbonyl (C=O) groups excluding carboxylic acids is 1. The molecule has 6 heteroatoms. The summed E-state index contributed by atoms with van der Waals surface area (Å²) < 4.78 is 5.30. The van der Waals surface area contributed by atoms with Gasteiger partial charge in [-0.2, -0.15) is 0 Å². The third kappa shape index (κ3) is 9.58. The molecule has 6 nitrogen and oxygen atoms in total. The molecule has 180 valence electrons. The number of rotatable bonds is 14. The highest BCUT2D eigenvalue weighted by molar-refractivity contribution is 5.72. The van der Waals surface area contributed by atoms with Crippen molar-refractivity contribution in [3.8, 4) is 23.0 Å². The van der Waals surface area contributed by atoms with Gasteiger partial charge in [0.2, 0.25) is 0 Å². The van der Waals surface area contributed by atoms with Gasteiger partial charge in [-0.1, -0.05) is 70.4 Å². The minimum absolute atomic E-state index is 0.0641. The molecule has 0 spiro atoms. The molecule has 1 atom stereocenters. The van der Waals surface area contributed by atoms with E-state index in [-0.39, 0.29) is 34.5 Å². The van der Waals surface area contributed by atoms with E-state index in [9.17, 15) is 25.2 Å². The Morgan fingerprint density at radius 2 is 1.55 bits per heavy atom. The summed E-state index contributed by atoms with van der Waals surface area (Å²) in [6.07, 6.45) is 12.6. The molecule has 0 amide bonds. The summed E-state index contributed by atoms with van der Waals surface area (Å²) in [5.74, 6) is -0.504. The number of carbonyl (C=O) groups is 1.